The second kappa shape index (κ2) is 5.16. The molecule has 0 saturated carbocycles. The lowest BCUT2D eigenvalue weighted by Crippen LogP contribution is -2.45. The van der Waals surface area contributed by atoms with Crippen LogP contribution in [0.25, 0.3) is 0 Å². The van der Waals surface area contributed by atoms with Crippen LogP contribution in [0.2, 0.25) is 0 Å². The number of hydrogen-bond donors (Lipinski definition) is 1. The Kier molecular flexibility index (Phi) is 3.53. The summed E-state index contributed by atoms with van der Waals surface area (Å²) in [5.41, 5.74) is 2.83. The standard InChI is InChI=1S/C17H25NO/c1-12-5-4-10-18(13(12)2)17-7-3-6-14-8-9-15(19)11-16(14)17/h8-9,11-13,17,19H,3-7,10H2,1-2H3. The maximum Gasteiger partial charge on any atom is 0.115 e. The molecular weight excluding hydrogens is 234 g/mol. The van der Waals surface area contributed by atoms with E-state index in [2.05, 4.69) is 24.8 Å². The fraction of sp³-hybridized carbons (Fsp3) is 0.647. The number of phenolic OH excluding ortho intramolecular Hbond substituents is 1. The van der Waals surface area contributed by atoms with Crippen LogP contribution in [0.1, 0.15) is 56.7 Å². The predicted octanol–water partition coefficient (Wildman–Crippen LogP) is 3.89. The number of aryl methyl sites for hydroxylation is 1. The lowest BCUT2D eigenvalue weighted by molar-refractivity contribution is 0.0594. The minimum Gasteiger partial charge on any atom is -0.508 e. The lowest BCUT2D eigenvalue weighted by atomic mass is 9.83. The molecule has 1 saturated heterocycles. The molecule has 3 atom stereocenters. The first-order valence-electron chi connectivity index (χ1n) is 7.74. The van der Waals surface area contributed by atoms with Crippen LogP contribution in [-0.2, 0) is 6.42 Å². The Hall–Kier alpha value is -1.02. The summed E-state index contributed by atoms with van der Waals surface area (Å²) in [4.78, 5) is 2.69. The molecule has 2 heteroatoms. The zero-order chi connectivity index (χ0) is 13.4. The van der Waals surface area contributed by atoms with Crippen molar-refractivity contribution in [2.45, 2.75) is 58.0 Å². The first-order valence-corrected chi connectivity index (χ1v) is 7.74. The summed E-state index contributed by atoms with van der Waals surface area (Å²) in [5.74, 6) is 1.21. The van der Waals surface area contributed by atoms with Gasteiger partial charge in [-0.1, -0.05) is 13.0 Å². The van der Waals surface area contributed by atoms with Crippen LogP contribution in [0.3, 0.4) is 0 Å². The number of likely N-dealkylation sites (tertiary alicyclic amines) is 1. The molecule has 19 heavy (non-hydrogen) atoms. The highest BCUT2D eigenvalue weighted by molar-refractivity contribution is 5.38. The van der Waals surface area contributed by atoms with Gasteiger partial charge < -0.3 is 5.11 Å². The van der Waals surface area contributed by atoms with E-state index in [1.807, 2.05) is 12.1 Å². The van der Waals surface area contributed by atoms with Gasteiger partial charge in [0.15, 0.2) is 0 Å². The molecule has 3 unspecified atom stereocenters. The fourth-order valence-electron chi connectivity index (χ4n) is 3.91. The van der Waals surface area contributed by atoms with Crippen molar-refractivity contribution in [1.82, 2.24) is 4.90 Å². The second-order valence-electron chi connectivity index (χ2n) is 6.39. The van der Waals surface area contributed by atoms with Gasteiger partial charge in [0.25, 0.3) is 0 Å². The van der Waals surface area contributed by atoms with Gasteiger partial charge in [-0.3, -0.25) is 4.90 Å². The molecule has 0 aromatic heterocycles. The van der Waals surface area contributed by atoms with E-state index in [0.29, 0.717) is 17.8 Å². The summed E-state index contributed by atoms with van der Waals surface area (Å²) in [7, 11) is 0. The van der Waals surface area contributed by atoms with Crippen LogP contribution < -0.4 is 0 Å². The smallest absolute Gasteiger partial charge is 0.115 e. The summed E-state index contributed by atoms with van der Waals surface area (Å²) in [6, 6.07) is 7.14. The lowest BCUT2D eigenvalue weighted by Gasteiger charge is -2.45. The van der Waals surface area contributed by atoms with Crippen molar-refractivity contribution in [2.24, 2.45) is 5.92 Å². The summed E-state index contributed by atoms with van der Waals surface area (Å²) < 4.78 is 0. The highest BCUT2D eigenvalue weighted by Gasteiger charge is 2.33. The molecule has 1 aliphatic carbocycles. The van der Waals surface area contributed by atoms with Crippen molar-refractivity contribution < 1.29 is 5.11 Å². The summed E-state index contributed by atoms with van der Waals surface area (Å²) in [5, 5.41) is 9.80. The van der Waals surface area contributed by atoms with E-state index in [0.717, 1.165) is 5.92 Å². The number of fused-ring (bicyclic) bond motifs is 1. The molecule has 2 aliphatic rings. The van der Waals surface area contributed by atoms with Crippen LogP contribution in [0.15, 0.2) is 18.2 Å². The van der Waals surface area contributed by atoms with Gasteiger partial charge in [-0.15, -0.1) is 0 Å². The largest absolute Gasteiger partial charge is 0.508 e. The van der Waals surface area contributed by atoms with Gasteiger partial charge in [-0.25, -0.2) is 0 Å². The topological polar surface area (TPSA) is 23.5 Å². The van der Waals surface area contributed by atoms with Crippen molar-refractivity contribution >= 4 is 0 Å². The summed E-state index contributed by atoms with van der Waals surface area (Å²) in [6.07, 6.45) is 6.37. The molecule has 3 rings (SSSR count). The van der Waals surface area contributed by atoms with Gasteiger partial charge in [0.1, 0.15) is 5.75 Å². The van der Waals surface area contributed by atoms with Gasteiger partial charge in [-0.2, -0.15) is 0 Å². The van der Waals surface area contributed by atoms with Crippen LogP contribution in [-0.4, -0.2) is 22.6 Å². The number of phenols is 1. The minimum atomic E-state index is 0.420. The zero-order valence-corrected chi connectivity index (χ0v) is 12.1. The van der Waals surface area contributed by atoms with Gasteiger partial charge in [0.2, 0.25) is 0 Å². The first kappa shape index (κ1) is 13.0. The van der Waals surface area contributed by atoms with Crippen LogP contribution in [0, 0.1) is 5.92 Å². The molecule has 0 amide bonds. The minimum absolute atomic E-state index is 0.420. The predicted molar refractivity (Wildman–Crippen MR) is 78.4 cm³/mol. The third-order valence-corrected chi connectivity index (χ3v) is 5.23. The molecule has 1 aliphatic heterocycles. The number of aromatic hydroxyl groups is 1. The highest BCUT2D eigenvalue weighted by atomic mass is 16.3. The van der Waals surface area contributed by atoms with E-state index in [9.17, 15) is 5.11 Å². The number of hydrogen-bond acceptors (Lipinski definition) is 2. The van der Waals surface area contributed by atoms with Crippen LogP contribution in [0.5, 0.6) is 5.75 Å². The summed E-state index contributed by atoms with van der Waals surface area (Å²) >= 11 is 0. The van der Waals surface area contributed by atoms with Crippen molar-refractivity contribution in [3.05, 3.63) is 29.3 Å². The van der Waals surface area contributed by atoms with Crippen molar-refractivity contribution in [2.75, 3.05) is 6.54 Å². The maximum absolute atomic E-state index is 9.80. The molecule has 0 spiro atoms. The highest BCUT2D eigenvalue weighted by Crippen LogP contribution is 2.40. The Bertz CT molecular complexity index is 457. The van der Waals surface area contributed by atoms with Gasteiger partial charge in [0.05, 0.1) is 0 Å². The average molecular weight is 259 g/mol. The van der Waals surface area contributed by atoms with Crippen LogP contribution in [0.4, 0.5) is 0 Å². The molecule has 1 aromatic rings. The van der Waals surface area contributed by atoms with E-state index >= 15 is 0 Å². The van der Waals surface area contributed by atoms with Gasteiger partial charge >= 0.3 is 0 Å². The Balaban J connectivity index is 1.92. The molecule has 1 aromatic carbocycles. The monoisotopic (exact) mass is 259 g/mol. The van der Waals surface area contributed by atoms with Crippen molar-refractivity contribution in [1.29, 1.82) is 0 Å². The van der Waals surface area contributed by atoms with E-state index in [4.69, 9.17) is 0 Å². The Morgan fingerprint density at radius 1 is 1.16 bits per heavy atom. The summed E-state index contributed by atoms with van der Waals surface area (Å²) in [6.45, 7) is 5.97. The van der Waals surface area contributed by atoms with Gasteiger partial charge in [0, 0.05) is 12.1 Å². The molecule has 0 radical (unpaired) electrons. The Morgan fingerprint density at radius 3 is 2.84 bits per heavy atom. The molecule has 1 N–H and O–H groups in total. The zero-order valence-electron chi connectivity index (χ0n) is 12.1. The number of nitrogens with zero attached hydrogens (tertiary/aromatic N) is 1. The Labute approximate surface area is 116 Å². The maximum atomic E-state index is 9.80. The number of rotatable bonds is 1. The molecule has 2 nitrogen and oxygen atoms in total. The van der Waals surface area contributed by atoms with Crippen molar-refractivity contribution in [3.63, 3.8) is 0 Å². The normalized spacial score (nSPS) is 32.0. The van der Waals surface area contributed by atoms with E-state index < -0.39 is 0 Å². The SMILES string of the molecule is CC1CCCN(C2CCCc3ccc(O)cc32)C1C. The third kappa shape index (κ3) is 2.38. The molecule has 104 valence electrons. The molecule has 1 heterocycles. The third-order valence-electron chi connectivity index (χ3n) is 5.23. The molecule has 1 fully saturated rings. The molecular formula is C17H25NO. The van der Waals surface area contributed by atoms with E-state index in [1.54, 1.807) is 0 Å². The average Bonchev–Trinajstić information content (AvgIpc) is 2.41. The van der Waals surface area contributed by atoms with E-state index in [1.165, 1.54) is 49.8 Å². The fourth-order valence-corrected chi connectivity index (χ4v) is 3.91. The Morgan fingerprint density at radius 2 is 2.00 bits per heavy atom. The second-order valence-corrected chi connectivity index (χ2v) is 6.39. The van der Waals surface area contributed by atoms with Gasteiger partial charge in [-0.05, 0) is 74.8 Å². The van der Waals surface area contributed by atoms with Crippen LogP contribution >= 0.6 is 0 Å². The number of piperidine rings is 1. The first-order chi connectivity index (χ1) is 9.16. The molecule has 0 bridgehead atoms. The van der Waals surface area contributed by atoms with E-state index in [-0.39, 0.29) is 0 Å². The number of benzene rings is 1. The van der Waals surface area contributed by atoms with Crippen molar-refractivity contribution in [3.8, 4) is 5.75 Å². The quantitative estimate of drug-likeness (QED) is 0.827.